The smallest absolute Gasteiger partial charge is 0.0250 e. The Morgan fingerprint density at radius 3 is 1.43 bits per heavy atom. The van der Waals surface area contributed by atoms with Crippen LogP contribution in [0.25, 0.3) is 0 Å². The molecule has 1 saturated carbocycles. The van der Waals surface area contributed by atoms with Crippen molar-refractivity contribution in [1.29, 1.82) is 0 Å². The van der Waals surface area contributed by atoms with Crippen LogP contribution in [-0.4, -0.2) is 0 Å². The van der Waals surface area contributed by atoms with Gasteiger partial charge in [0.2, 0.25) is 0 Å². The standard InChI is InChI=1S/C21H26/c1-3-8-18(9-4-1)16-20-12-7-13-21(15-14-20)17-19-10-5-2-6-11-19/h1-6,8-11,20-21H,7,12-17H2. The second-order valence-electron chi connectivity index (χ2n) is 6.62. The normalized spacial score (nSPS) is 22.7. The first kappa shape index (κ1) is 14.4. The fourth-order valence-corrected chi connectivity index (χ4v) is 3.76. The van der Waals surface area contributed by atoms with Crippen LogP contribution >= 0.6 is 0 Å². The van der Waals surface area contributed by atoms with E-state index in [0.717, 1.165) is 11.8 Å². The minimum Gasteiger partial charge on any atom is -0.0622 e. The van der Waals surface area contributed by atoms with Crippen LogP contribution in [0.3, 0.4) is 0 Å². The second kappa shape index (κ2) is 7.45. The van der Waals surface area contributed by atoms with Crippen LogP contribution in [0.15, 0.2) is 60.7 Å². The number of benzene rings is 2. The molecule has 0 radical (unpaired) electrons. The molecule has 0 heterocycles. The van der Waals surface area contributed by atoms with Crippen molar-refractivity contribution in [2.75, 3.05) is 0 Å². The molecule has 2 atom stereocenters. The van der Waals surface area contributed by atoms with Gasteiger partial charge in [0, 0.05) is 0 Å². The topological polar surface area (TPSA) is 0 Å². The van der Waals surface area contributed by atoms with Gasteiger partial charge in [0.25, 0.3) is 0 Å². The molecular formula is C21H26. The predicted molar refractivity (Wildman–Crippen MR) is 90.4 cm³/mol. The Kier molecular flexibility index (Phi) is 5.10. The van der Waals surface area contributed by atoms with E-state index in [-0.39, 0.29) is 0 Å². The minimum absolute atomic E-state index is 0.896. The first-order valence-corrected chi connectivity index (χ1v) is 8.48. The SMILES string of the molecule is c1ccc(CC2CCCC(Cc3ccccc3)CC2)cc1. The van der Waals surface area contributed by atoms with Gasteiger partial charge in [-0.2, -0.15) is 0 Å². The molecular weight excluding hydrogens is 252 g/mol. The van der Waals surface area contributed by atoms with Crippen molar-refractivity contribution >= 4 is 0 Å². The largest absolute Gasteiger partial charge is 0.0622 e. The van der Waals surface area contributed by atoms with Crippen molar-refractivity contribution < 1.29 is 0 Å². The van der Waals surface area contributed by atoms with Gasteiger partial charge in [0.1, 0.15) is 0 Å². The van der Waals surface area contributed by atoms with Gasteiger partial charge in [-0.3, -0.25) is 0 Å². The highest BCUT2D eigenvalue weighted by molar-refractivity contribution is 5.16. The highest BCUT2D eigenvalue weighted by atomic mass is 14.2. The Morgan fingerprint density at radius 1 is 0.571 bits per heavy atom. The Balaban J connectivity index is 1.52. The predicted octanol–water partition coefficient (Wildman–Crippen LogP) is 5.67. The van der Waals surface area contributed by atoms with Gasteiger partial charge in [0.15, 0.2) is 0 Å². The summed E-state index contributed by atoms with van der Waals surface area (Å²) < 4.78 is 0. The lowest BCUT2D eigenvalue weighted by Gasteiger charge is -2.15. The molecule has 0 amide bonds. The van der Waals surface area contributed by atoms with Gasteiger partial charge in [-0.25, -0.2) is 0 Å². The molecule has 2 aromatic rings. The molecule has 0 N–H and O–H groups in total. The fraction of sp³-hybridized carbons (Fsp3) is 0.429. The van der Waals surface area contributed by atoms with Crippen molar-refractivity contribution in [2.24, 2.45) is 11.8 Å². The lowest BCUT2D eigenvalue weighted by Crippen LogP contribution is -2.05. The summed E-state index contributed by atoms with van der Waals surface area (Å²) in [6.07, 6.45) is 9.62. The summed E-state index contributed by atoms with van der Waals surface area (Å²) in [4.78, 5) is 0. The van der Waals surface area contributed by atoms with Crippen LogP contribution < -0.4 is 0 Å². The molecule has 2 unspecified atom stereocenters. The number of hydrogen-bond acceptors (Lipinski definition) is 0. The third kappa shape index (κ3) is 4.46. The molecule has 0 spiro atoms. The molecule has 21 heavy (non-hydrogen) atoms. The van der Waals surface area contributed by atoms with Gasteiger partial charge < -0.3 is 0 Å². The third-order valence-electron chi connectivity index (χ3n) is 4.94. The van der Waals surface area contributed by atoms with Gasteiger partial charge in [-0.1, -0.05) is 79.9 Å². The average Bonchev–Trinajstić information content (AvgIpc) is 2.75. The van der Waals surface area contributed by atoms with Gasteiger partial charge in [0.05, 0.1) is 0 Å². The highest BCUT2D eigenvalue weighted by Gasteiger charge is 2.19. The maximum absolute atomic E-state index is 2.28. The van der Waals surface area contributed by atoms with Crippen LogP contribution in [0, 0.1) is 11.8 Å². The quantitative estimate of drug-likeness (QED) is 0.632. The van der Waals surface area contributed by atoms with E-state index in [1.807, 2.05) is 0 Å². The van der Waals surface area contributed by atoms with Crippen LogP contribution in [0.2, 0.25) is 0 Å². The minimum atomic E-state index is 0.896. The Morgan fingerprint density at radius 2 is 1.00 bits per heavy atom. The summed E-state index contributed by atoms with van der Waals surface area (Å²) in [7, 11) is 0. The van der Waals surface area contributed by atoms with E-state index < -0.39 is 0 Å². The Bertz CT molecular complexity index is 465. The van der Waals surface area contributed by atoms with Crippen molar-refractivity contribution in [3.05, 3.63) is 71.8 Å². The van der Waals surface area contributed by atoms with Gasteiger partial charge in [-0.05, 0) is 48.6 Å². The first-order chi connectivity index (χ1) is 10.4. The molecule has 1 aliphatic rings. The van der Waals surface area contributed by atoms with E-state index in [1.54, 1.807) is 0 Å². The molecule has 2 aromatic carbocycles. The lowest BCUT2D eigenvalue weighted by atomic mass is 9.90. The molecule has 110 valence electrons. The van der Waals surface area contributed by atoms with Crippen LogP contribution in [0.5, 0.6) is 0 Å². The van der Waals surface area contributed by atoms with E-state index in [9.17, 15) is 0 Å². The molecule has 0 heteroatoms. The number of hydrogen-bond donors (Lipinski definition) is 0. The Hall–Kier alpha value is -1.56. The average molecular weight is 278 g/mol. The zero-order valence-electron chi connectivity index (χ0n) is 12.9. The van der Waals surface area contributed by atoms with Crippen LogP contribution in [0.4, 0.5) is 0 Å². The molecule has 0 bridgehead atoms. The van der Waals surface area contributed by atoms with Gasteiger partial charge in [-0.15, -0.1) is 0 Å². The maximum Gasteiger partial charge on any atom is -0.0250 e. The Labute approximate surface area is 129 Å². The first-order valence-electron chi connectivity index (χ1n) is 8.48. The molecule has 1 fully saturated rings. The summed E-state index contributed by atoms with van der Waals surface area (Å²) in [5.41, 5.74) is 3.04. The van der Waals surface area contributed by atoms with E-state index in [2.05, 4.69) is 60.7 Å². The summed E-state index contributed by atoms with van der Waals surface area (Å²) in [5, 5.41) is 0. The van der Waals surface area contributed by atoms with E-state index in [1.165, 1.54) is 56.1 Å². The molecule has 0 saturated heterocycles. The summed E-state index contributed by atoms with van der Waals surface area (Å²) in [5.74, 6) is 1.79. The lowest BCUT2D eigenvalue weighted by molar-refractivity contribution is 0.427. The van der Waals surface area contributed by atoms with E-state index in [0.29, 0.717) is 0 Å². The second-order valence-corrected chi connectivity index (χ2v) is 6.62. The van der Waals surface area contributed by atoms with Crippen molar-refractivity contribution in [2.45, 2.75) is 44.9 Å². The van der Waals surface area contributed by atoms with E-state index in [4.69, 9.17) is 0 Å². The summed E-state index contributed by atoms with van der Waals surface area (Å²) in [6, 6.07) is 22.1. The van der Waals surface area contributed by atoms with Gasteiger partial charge >= 0.3 is 0 Å². The van der Waals surface area contributed by atoms with Crippen molar-refractivity contribution in [1.82, 2.24) is 0 Å². The zero-order valence-corrected chi connectivity index (χ0v) is 12.9. The fourth-order valence-electron chi connectivity index (χ4n) is 3.76. The monoisotopic (exact) mass is 278 g/mol. The maximum atomic E-state index is 2.28. The molecule has 0 aromatic heterocycles. The van der Waals surface area contributed by atoms with E-state index >= 15 is 0 Å². The highest BCUT2D eigenvalue weighted by Crippen LogP contribution is 2.31. The molecule has 0 aliphatic heterocycles. The van der Waals surface area contributed by atoms with Crippen LogP contribution in [0.1, 0.15) is 43.2 Å². The van der Waals surface area contributed by atoms with Crippen LogP contribution in [-0.2, 0) is 12.8 Å². The summed E-state index contributed by atoms with van der Waals surface area (Å²) >= 11 is 0. The zero-order chi connectivity index (χ0) is 14.3. The molecule has 0 nitrogen and oxygen atoms in total. The summed E-state index contributed by atoms with van der Waals surface area (Å²) in [6.45, 7) is 0. The molecule has 3 rings (SSSR count). The third-order valence-corrected chi connectivity index (χ3v) is 4.94. The van der Waals surface area contributed by atoms with Crippen molar-refractivity contribution in [3.8, 4) is 0 Å². The molecule has 1 aliphatic carbocycles. The number of rotatable bonds is 4. The van der Waals surface area contributed by atoms with Crippen molar-refractivity contribution in [3.63, 3.8) is 0 Å².